The number of hydrogen-bond acceptors (Lipinski definition) is 5. The summed E-state index contributed by atoms with van der Waals surface area (Å²) in [6.07, 6.45) is 0. The molecule has 100 valence electrons. The van der Waals surface area contributed by atoms with Crippen LogP contribution in [0, 0.1) is 0 Å². The number of rotatable bonds is 5. The van der Waals surface area contributed by atoms with E-state index in [1.54, 1.807) is 25.1 Å². The van der Waals surface area contributed by atoms with Crippen LogP contribution in [0.4, 0.5) is 0 Å². The van der Waals surface area contributed by atoms with Crippen LogP contribution in [0.15, 0.2) is 18.2 Å². The van der Waals surface area contributed by atoms with Crippen LogP contribution in [-0.4, -0.2) is 31.9 Å². The molecule has 1 rings (SSSR count). The van der Waals surface area contributed by atoms with Crippen LogP contribution in [-0.2, 0) is 15.1 Å². The highest BCUT2D eigenvalue weighted by molar-refractivity contribution is 5.81. The fraction of sp³-hybridized carbons (Fsp3) is 0.462. The van der Waals surface area contributed by atoms with Crippen LogP contribution in [0.3, 0.4) is 0 Å². The van der Waals surface area contributed by atoms with E-state index in [0.29, 0.717) is 17.1 Å². The first-order valence-corrected chi connectivity index (χ1v) is 5.59. The van der Waals surface area contributed by atoms with E-state index >= 15 is 0 Å². The molecule has 1 N–H and O–H groups in total. The summed E-state index contributed by atoms with van der Waals surface area (Å²) in [6, 6.07) is 4.82. The average molecular weight is 254 g/mol. The van der Waals surface area contributed by atoms with Crippen molar-refractivity contribution in [2.24, 2.45) is 0 Å². The van der Waals surface area contributed by atoms with E-state index in [2.05, 4.69) is 0 Å². The van der Waals surface area contributed by atoms with E-state index in [0.717, 1.165) is 0 Å². The second kappa shape index (κ2) is 5.73. The van der Waals surface area contributed by atoms with Crippen LogP contribution in [0.5, 0.6) is 11.5 Å². The summed E-state index contributed by atoms with van der Waals surface area (Å²) < 4.78 is 15.1. The highest BCUT2D eigenvalue weighted by atomic mass is 16.5. The zero-order valence-corrected chi connectivity index (χ0v) is 11.0. The monoisotopic (exact) mass is 254 g/mol. The van der Waals surface area contributed by atoms with Gasteiger partial charge in [0.2, 0.25) is 0 Å². The van der Waals surface area contributed by atoms with Crippen molar-refractivity contribution >= 4 is 5.97 Å². The highest BCUT2D eigenvalue weighted by Gasteiger charge is 2.36. The van der Waals surface area contributed by atoms with Gasteiger partial charge in [0.15, 0.2) is 5.60 Å². The number of esters is 1. The fourth-order valence-electron chi connectivity index (χ4n) is 1.58. The highest BCUT2D eigenvalue weighted by Crippen LogP contribution is 2.33. The summed E-state index contributed by atoms with van der Waals surface area (Å²) in [4.78, 5) is 11.7. The smallest absolute Gasteiger partial charge is 0.342 e. The van der Waals surface area contributed by atoms with Crippen molar-refractivity contribution in [3.05, 3.63) is 23.8 Å². The van der Waals surface area contributed by atoms with Crippen molar-refractivity contribution < 1.29 is 24.1 Å². The van der Waals surface area contributed by atoms with Crippen molar-refractivity contribution in [1.29, 1.82) is 0 Å². The second-order valence-corrected chi connectivity index (χ2v) is 3.86. The standard InChI is InChI=1S/C13H18O5/c1-5-18-12(14)13(2,15)10-7-6-9(16-3)8-11(10)17-4/h6-8,15H,5H2,1-4H3. The van der Waals surface area contributed by atoms with Crippen LogP contribution in [0.1, 0.15) is 19.4 Å². The Morgan fingerprint density at radius 2 is 2.00 bits per heavy atom. The van der Waals surface area contributed by atoms with Gasteiger partial charge < -0.3 is 19.3 Å². The molecule has 1 aromatic carbocycles. The number of aliphatic hydroxyl groups is 1. The van der Waals surface area contributed by atoms with Crippen LogP contribution < -0.4 is 9.47 Å². The van der Waals surface area contributed by atoms with E-state index < -0.39 is 11.6 Å². The van der Waals surface area contributed by atoms with Gasteiger partial charge in [0.1, 0.15) is 11.5 Å². The lowest BCUT2D eigenvalue weighted by Gasteiger charge is -2.23. The maximum Gasteiger partial charge on any atom is 0.342 e. The lowest BCUT2D eigenvalue weighted by Crippen LogP contribution is -2.34. The predicted molar refractivity (Wildman–Crippen MR) is 65.7 cm³/mol. The van der Waals surface area contributed by atoms with Crippen LogP contribution >= 0.6 is 0 Å². The van der Waals surface area contributed by atoms with E-state index in [1.807, 2.05) is 0 Å². The van der Waals surface area contributed by atoms with Crippen molar-refractivity contribution in [3.8, 4) is 11.5 Å². The Balaban J connectivity index is 3.18. The fourth-order valence-corrected chi connectivity index (χ4v) is 1.58. The molecule has 0 aromatic heterocycles. The van der Waals surface area contributed by atoms with Gasteiger partial charge in [0, 0.05) is 11.6 Å². The minimum atomic E-state index is -1.76. The summed E-state index contributed by atoms with van der Waals surface area (Å²) in [5.74, 6) is 0.233. The van der Waals surface area contributed by atoms with Gasteiger partial charge in [-0.3, -0.25) is 0 Å². The van der Waals surface area contributed by atoms with E-state index in [9.17, 15) is 9.90 Å². The Bertz CT molecular complexity index is 425. The first-order valence-electron chi connectivity index (χ1n) is 5.59. The van der Waals surface area contributed by atoms with E-state index in [1.165, 1.54) is 21.1 Å². The van der Waals surface area contributed by atoms with Crippen molar-refractivity contribution in [1.82, 2.24) is 0 Å². The molecule has 0 aliphatic rings. The first kappa shape index (κ1) is 14.3. The van der Waals surface area contributed by atoms with Gasteiger partial charge >= 0.3 is 5.97 Å². The summed E-state index contributed by atoms with van der Waals surface area (Å²) in [6.45, 7) is 3.25. The molecule has 0 amide bonds. The molecule has 0 radical (unpaired) electrons. The molecule has 1 aromatic rings. The molecule has 0 bridgehead atoms. The van der Waals surface area contributed by atoms with Gasteiger partial charge in [-0.25, -0.2) is 4.79 Å². The Kier molecular flexibility index (Phi) is 4.55. The largest absolute Gasteiger partial charge is 0.497 e. The second-order valence-electron chi connectivity index (χ2n) is 3.86. The van der Waals surface area contributed by atoms with Gasteiger partial charge in [0.05, 0.1) is 20.8 Å². The Hall–Kier alpha value is -1.75. The number of carbonyl (C=O) groups excluding carboxylic acids is 1. The van der Waals surface area contributed by atoms with Crippen molar-refractivity contribution in [3.63, 3.8) is 0 Å². The van der Waals surface area contributed by atoms with Gasteiger partial charge in [0.25, 0.3) is 0 Å². The maximum atomic E-state index is 11.7. The lowest BCUT2D eigenvalue weighted by atomic mass is 9.95. The van der Waals surface area contributed by atoms with Gasteiger partial charge in [-0.15, -0.1) is 0 Å². The van der Waals surface area contributed by atoms with Crippen LogP contribution in [0.25, 0.3) is 0 Å². The number of methoxy groups -OCH3 is 2. The number of carbonyl (C=O) groups is 1. The molecule has 0 aliphatic carbocycles. The SMILES string of the molecule is CCOC(=O)C(C)(O)c1ccc(OC)cc1OC. The molecule has 5 heteroatoms. The molecular weight excluding hydrogens is 236 g/mol. The predicted octanol–water partition coefficient (Wildman–Crippen LogP) is 1.47. The van der Waals surface area contributed by atoms with E-state index in [4.69, 9.17) is 14.2 Å². The third-order valence-corrected chi connectivity index (χ3v) is 2.61. The Labute approximate surface area is 106 Å². The quantitative estimate of drug-likeness (QED) is 0.806. The maximum absolute atomic E-state index is 11.7. The first-order chi connectivity index (χ1) is 8.47. The number of benzene rings is 1. The zero-order chi connectivity index (χ0) is 13.8. The third kappa shape index (κ3) is 2.73. The van der Waals surface area contributed by atoms with Gasteiger partial charge in [-0.1, -0.05) is 0 Å². The molecule has 0 heterocycles. The Morgan fingerprint density at radius 3 is 2.50 bits per heavy atom. The average Bonchev–Trinajstić information content (AvgIpc) is 2.38. The number of ether oxygens (including phenoxy) is 3. The topological polar surface area (TPSA) is 65.0 Å². The minimum Gasteiger partial charge on any atom is -0.497 e. The number of hydrogen-bond donors (Lipinski definition) is 1. The molecule has 1 atom stereocenters. The summed E-state index contributed by atoms with van der Waals surface area (Å²) in [7, 11) is 2.98. The van der Waals surface area contributed by atoms with Crippen LogP contribution in [0.2, 0.25) is 0 Å². The zero-order valence-electron chi connectivity index (χ0n) is 11.0. The summed E-state index contributed by atoms with van der Waals surface area (Å²) in [5, 5.41) is 10.3. The molecule has 0 saturated heterocycles. The molecule has 0 aliphatic heterocycles. The van der Waals surface area contributed by atoms with Crippen molar-refractivity contribution in [2.75, 3.05) is 20.8 Å². The summed E-state index contributed by atoms with van der Waals surface area (Å²) >= 11 is 0. The van der Waals surface area contributed by atoms with Crippen molar-refractivity contribution in [2.45, 2.75) is 19.4 Å². The van der Waals surface area contributed by atoms with Gasteiger partial charge in [-0.05, 0) is 26.0 Å². The summed E-state index contributed by atoms with van der Waals surface area (Å²) in [5.41, 5.74) is -1.42. The molecule has 0 spiro atoms. The normalized spacial score (nSPS) is 13.6. The molecular formula is C13H18O5. The molecule has 5 nitrogen and oxygen atoms in total. The minimum absolute atomic E-state index is 0.202. The molecule has 1 unspecified atom stereocenters. The molecule has 0 saturated carbocycles. The lowest BCUT2D eigenvalue weighted by molar-refractivity contribution is -0.164. The third-order valence-electron chi connectivity index (χ3n) is 2.61. The molecule has 18 heavy (non-hydrogen) atoms. The van der Waals surface area contributed by atoms with Gasteiger partial charge in [-0.2, -0.15) is 0 Å². The van der Waals surface area contributed by atoms with E-state index in [-0.39, 0.29) is 6.61 Å². The molecule has 0 fully saturated rings. The Morgan fingerprint density at radius 1 is 1.33 bits per heavy atom.